The number of likely N-dealkylation sites (tertiary alicyclic amines) is 1. The van der Waals surface area contributed by atoms with Gasteiger partial charge in [0, 0.05) is 32.2 Å². The highest BCUT2D eigenvalue weighted by Crippen LogP contribution is 2.40. The molecular weight excluding hydrogens is 653 g/mol. The molecule has 1 aliphatic heterocycles. The fourth-order valence-electron chi connectivity index (χ4n) is 6.92. The lowest BCUT2D eigenvalue weighted by Crippen LogP contribution is -2.33. The van der Waals surface area contributed by atoms with Crippen LogP contribution in [0.2, 0.25) is 0 Å². The van der Waals surface area contributed by atoms with Crippen LogP contribution in [-0.2, 0) is 11.2 Å². The number of rotatable bonds is 9. The number of carbonyl (C=O) groups is 1. The number of fused-ring (bicyclic) bond motifs is 1. The van der Waals surface area contributed by atoms with Crippen molar-refractivity contribution in [3.8, 4) is 11.3 Å². The van der Waals surface area contributed by atoms with Crippen LogP contribution in [0.5, 0.6) is 0 Å². The van der Waals surface area contributed by atoms with Crippen molar-refractivity contribution in [2.24, 2.45) is 11.8 Å². The number of nitrogens with zero attached hydrogens (tertiary/aromatic N) is 2. The quantitative estimate of drug-likeness (QED) is 0.177. The molecule has 4 aromatic rings. The van der Waals surface area contributed by atoms with E-state index >= 15 is 0 Å². The van der Waals surface area contributed by atoms with Crippen LogP contribution in [0.3, 0.4) is 0 Å². The Balaban J connectivity index is 1.18. The van der Waals surface area contributed by atoms with E-state index in [1.807, 2.05) is 19.9 Å². The molecule has 0 spiro atoms. The Morgan fingerprint density at radius 2 is 1.80 bits per heavy atom. The van der Waals surface area contributed by atoms with Crippen LogP contribution in [0.15, 0.2) is 91.0 Å². The van der Waals surface area contributed by atoms with Crippen LogP contribution in [0.25, 0.3) is 27.9 Å². The Morgan fingerprint density at radius 1 is 1.00 bits per heavy atom. The van der Waals surface area contributed by atoms with Crippen molar-refractivity contribution in [1.29, 1.82) is 0 Å². The van der Waals surface area contributed by atoms with Crippen molar-refractivity contribution in [3.05, 3.63) is 106 Å². The van der Waals surface area contributed by atoms with Crippen molar-refractivity contribution >= 4 is 50.8 Å². The van der Waals surface area contributed by atoms with Crippen LogP contribution in [0, 0.1) is 15.4 Å². The third kappa shape index (κ3) is 6.74. The van der Waals surface area contributed by atoms with E-state index in [1.165, 1.54) is 42.6 Å². The monoisotopic (exact) mass is 697 g/mol. The Morgan fingerprint density at radius 3 is 2.57 bits per heavy atom. The van der Waals surface area contributed by atoms with E-state index in [-0.39, 0.29) is 11.8 Å². The molecule has 3 aromatic carbocycles. The summed E-state index contributed by atoms with van der Waals surface area (Å²) >= 11 is 2.45. The summed E-state index contributed by atoms with van der Waals surface area (Å²) in [4.78, 5) is 14.9. The summed E-state index contributed by atoms with van der Waals surface area (Å²) in [6.45, 7) is 9.57. The number of piperidine rings is 1. The van der Waals surface area contributed by atoms with E-state index in [0.717, 1.165) is 57.4 Å². The lowest BCUT2D eigenvalue weighted by Gasteiger charge is -2.32. The molecular formula is C39H44IN3O. The number of aromatic nitrogens is 1. The first-order chi connectivity index (χ1) is 21.4. The van der Waals surface area contributed by atoms with Gasteiger partial charge in [0.1, 0.15) is 0 Å². The largest absolute Gasteiger partial charge is 0.326 e. The minimum atomic E-state index is -0.0176. The number of amides is 1. The smallest absolute Gasteiger partial charge is 0.226 e. The molecule has 1 unspecified atom stereocenters. The third-order valence-electron chi connectivity index (χ3n) is 9.37. The van der Waals surface area contributed by atoms with Gasteiger partial charge in [-0.05, 0) is 133 Å². The van der Waals surface area contributed by atoms with Crippen LogP contribution in [0.4, 0.5) is 5.69 Å². The highest BCUT2D eigenvalue weighted by atomic mass is 127. The van der Waals surface area contributed by atoms with Crippen molar-refractivity contribution in [2.45, 2.75) is 58.8 Å². The molecule has 0 radical (unpaired) electrons. The minimum absolute atomic E-state index is 0.0176. The standard InChI is InChI=1S/C39H44IN3O/c1-27(2)39(44)41-33-15-9-12-30(26-33)29-20-23-42(24-21-29)22-10-17-35-34-16-5-7-19-37(34)43(36-18-6-4-11-28(36)3)38(35)31-13-8-14-32(40)25-31/h4-9,12-16,18-19,25-29H,10-11,17,20-24H2,1-3H3,(H,41,44). The number of anilines is 1. The van der Waals surface area contributed by atoms with Crippen LogP contribution < -0.4 is 5.32 Å². The molecule has 1 aliphatic carbocycles. The molecule has 1 amide bonds. The highest BCUT2D eigenvalue weighted by molar-refractivity contribution is 14.1. The van der Waals surface area contributed by atoms with Gasteiger partial charge >= 0.3 is 0 Å². The van der Waals surface area contributed by atoms with Crippen LogP contribution in [0.1, 0.15) is 63.5 Å². The molecule has 228 valence electrons. The number of carbonyl (C=O) groups excluding carboxylic acids is 1. The zero-order valence-corrected chi connectivity index (χ0v) is 28.4. The Hall–Kier alpha value is -3.16. The van der Waals surface area contributed by atoms with Crippen molar-refractivity contribution < 1.29 is 4.79 Å². The van der Waals surface area contributed by atoms with Gasteiger partial charge in [0.25, 0.3) is 0 Å². The normalized spacial score (nSPS) is 17.8. The van der Waals surface area contributed by atoms with Gasteiger partial charge in [-0.3, -0.25) is 4.79 Å². The summed E-state index contributed by atoms with van der Waals surface area (Å²) < 4.78 is 3.83. The maximum absolute atomic E-state index is 12.2. The second-order valence-electron chi connectivity index (χ2n) is 12.8. The van der Waals surface area contributed by atoms with E-state index in [4.69, 9.17) is 0 Å². The summed E-state index contributed by atoms with van der Waals surface area (Å²) in [6.07, 6.45) is 12.4. The molecule has 1 saturated heterocycles. The van der Waals surface area contributed by atoms with Crippen molar-refractivity contribution in [3.63, 3.8) is 0 Å². The molecule has 5 heteroatoms. The molecule has 0 bridgehead atoms. The van der Waals surface area contributed by atoms with E-state index in [9.17, 15) is 4.79 Å². The first-order valence-electron chi connectivity index (χ1n) is 16.3. The molecule has 0 saturated carbocycles. The number of benzene rings is 3. The van der Waals surface area contributed by atoms with Gasteiger partial charge in [-0.1, -0.05) is 75.4 Å². The molecule has 2 heterocycles. The lowest BCUT2D eigenvalue weighted by molar-refractivity contribution is -0.118. The Bertz CT molecular complexity index is 1690. The van der Waals surface area contributed by atoms with E-state index in [2.05, 4.69) is 129 Å². The zero-order valence-electron chi connectivity index (χ0n) is 26.2. The van der Waals surface area contributed by atoms with Gasteiger partial charge < -0.3 is 14.8 Å². The first-order valence-corrected chi connectivity index (χ1v) is 17.4. The summed E-state index contributed by atoms with van der Waals surface area (Å²) in [7, 11) is 0. The summed E-state index contributed by atoms with van der Waals surface area (Å²) in [6, 6.07) is 26.5. The highest BCUT2D eigenvalue weighted by Gasteiger charge is 2.25. The molecule has 1 fully saturated rings. The van der Waals surface area contributed by atoms with Gasteiger partial charge in [-0.2, -0.15) is 0 Å². The van der Waals surface area contributed by atoms with Gasteiger partial charge in [0.2, 0.25) is 5.91 Å². The maximum Gasteiger partial charge on any atom is 0.226 e. The van der Waals surface area contributed by atoms with Gasteiger partial charge in [-0.25, -0.2) is 0 Å². The minimum Gasteiger partial charge on any atom is -0.326 e. The van der Waals surface area contributed by atoms with E-state index in [0.29, 0.717) is 11.8 Å². The molecule has 6 rings (SSSR count). The van der Waals surface area contributed by atoms with Gasteiger partial charge in [0.15, 0.2) is 0 Å². The fourth-order valence-corrected chi connectivity index (χ4v) is 7.47. The summed E-state index contributed by atoms with van der Waals surface area (Å²) in [5.74, 6) is 1.08. The average Bonchev–Trinajstić information content (AvgIpc) is 3.35. The SMILES string of the molecule is CC(C)C(=O)Nc1cccc(C2CCN(CCCc3c(-c4cccc(I)c4)n(C4=CC=CCC4C)c4ccccc34)CC2)c1. The number of halogens is 1. The Labute approximate surface area is 276 Å². The second-order valence-corrected chi connectivity index (χ2v) is 14.1. The number of hydrogen-bond acceptors (Lipinski definition) is 2. The number of aryl methyl sites for hydroxylation is 1. The summed E-state index contributed by atoms with van der Waals surface area (Å²) in [5, 5.41) is 4.45. The topological polar surface area (TPSA) is 37.3 Å². The van der Waals surface area contributed by atoms with Crippen LogP contribution >= 0.6 is 22.6 Å². The fraction of sp³-hybridized carbons (Fsp3) is 0.359. The van der Waals surface area contributed by atoms with Gasteiger partial charge in [-0.15, -0.1) is 0 Å². The van der Waals surface area contributed by atoms with Crippen LogP contribution in [-0.4, -0.2) is 35.0 Å². The Kier molecular flexibility index (Phi) is 9.72. The van der Waals surface area contributed by atoms with Gasteiger partial charge in [0.05, 0.1) is 11.2 Å². The third-order valence-corrected chi connectivity index (χ3v) is 10.0. The molecule has 4 nitrogen and oxygen atoms in total. The second kappa shape index (κ2) is 13.9. The van der Waals surface area contributed by atoms with Crippen molar-refractivity contribution in [1.82, 2.24) is 9.47 Å². The predicted molar refractivity (Wildman–Crippen MR) is 194 cm³/mol. The maximum atomic E-state index is 12.2. The molecule has 1 aromatic heterocycles. The number of nitrogens with one attached hydrogen (secondary N) is 1. The first kappa shape index (κ1) is 30.8. The number of allylic oxidation sites excluding steroid dienone is 4. The predicted octanol–water partition coefficient (Wildman–Crippen LogP) is 9.76. The zero-order chi connectivity index (χ0) is 30.6. The van der Waals surface area contributed by atoms with E-state index < -0.39 is 0 Å². The van der Waals surface area contributed by atoms with Crippen molar-refractivity contribution in [2.75, 3.05) is 25.0 Å². The number of para-hydroxylation sites is 1. The van der Waals surface area contributed by atoms with E-state index in [1.54, 1.807) is 0 Å². The molecule has 1 atom stereocenters. The average molecular weight is 698 g/mol. The molecule has 2 aliphatic rings. The lowest BCUT2D eigenvalue weighted by atomic mass is 9.89. The summed E-state index contributed by atoms with van der Waals surface area (Å²) in [5.41, 5.74) is 9.11. The number of hydrogen-bond donors (Lipinski definition) is 1. The molecule has 44 heavy (non-hydrogen) atoms. The molecule has 1 N–H and O–H groups in total.